The van der Waals surface area contributed by atoms with E-state index in [2.05, 4.69) is 32.2 Å². The van der Waals surface area contributed by atoms with Crippen molar-refractivity contribution in [1.29, 1.82) is 0 Å². The van der Waals surface area contributed by atoms with Crippen molar-refractivity contribution in [2.45, 2.75) is 42.6 Å². The van der Waals surface area contributed by atoms with Gasteiger partial charge < -0.3 is 14.6 Å². The Balaban J connectivity index is 1.37. The number of thioether (sulfide) groups is 1. The molecule has 1 amide bonds. The van der Waals surface area contributed by atoms with Crippen LogP contribution in [0.15, 0.2) is 53.7 Å². The van der Waals surface area contributed by atoms with Gasteiger partial charge in [0.15, 0.2) is 17.5 Å². The maximum absolute atomic E-state index is 13.1. The van der Waals surface area contributed by atoms with E-state index in [1.165, 1.54) is 17.3 Å². The van der Waals surface area contributed by atoms with Crippen LogP contribution in [-0.4, -0.2) is 38.3 Å². The lowest BCUT2D eigenvalue weighted by molar-refractivity contribution is -0.118. The number of benzene rings is 2. The number of anilines is 1. The summed E-state index contributed by atoms with van der Waals surface area (Å²) >= 11 is 1.42. The molecule has 0 saturated heterocycles. The van der Waals surface area contributed by atoms with E-state index >= 15 is 0 Å². The molecule has 1 saturated carbocycles. The molecule has 31 heavy (non-hydrogen) atoms. The zero-order chi connectivity index (χ0) is 21.4. The quantitative estimate of drug-likeness (QED) is 0.448. The van der Waals surface area contributed by atoms with Gasteiger partial charge in [-0.1, -0.05) is 42.1 Å². The highest BCUT2D eigenvalue weighted by Gasteiger charge is 2.31. The van der Waals surface area contributed by atoms with Gasteiger partial charge in [0, 0.05) is 11.5 Å². The Bertz CT molecular complexity index is 1140. The van der Waals surface area contributed by atoms with Crippen LogP contribution in [0.25, 0.3) is 0 Å². The number of hydrogen-bond acceptors (Lipinski definition) is 6. The summed E-state index contributed by atoms with van der Waals surface area (Å²) in [5.41, 5.74) is 2.24. The Morgan fingerprint density at radius 1 is 1.23 bits per heavy atom. The third-order valence-corrected chi connectivity index (χ3v) is 6.50. The molecule has 1 aliphatic carbocycles. The molecule has 1 N–H and O–H groups in total. The van der Waals surface area contributed by atoms with Crippen LogP contribution in [0.4, 0.5) is 5.69 Å². The Morgan fingerprint density at radius 3 is 2.81 bits per heavy atom. The first-order valence-electron chi connectivity index (χ1n) is 10.3. The molecule has 2 aliphatic rings. The number of nitrogens with one attached hydrogen (secondary N) is 1. The zero-order valence-electron chi connectivity index (χ0n) is 17.1. The van der Waals surface area contributed by atoms with Gasteiger partial charge in [0.05, 0.1) is 17.5 Å². The lowest BCUT2D eigenvalue weighted by Gasteiger charge is -2.19. The van der Waals surface area contributed by atoms with E-state index in [4.69, 9.17) is 4.74 Å². The molecule has 1 aliphatic heterocycles. The van der Waals surface area contributed by atoms with Crippen molar-refractivity contribution in [3.63, 3.8) is 0 Å². The van der Waals surface area contributed by atoms with Gasteiger partial charge in [-0.2, -0.15) is 0 Å². The first-order valence-corrected chi connectivity index (χ1v) is 11.2. The van der Waals surface area contributed by atoms with E-state index < -0.39 is 0 Å². The minimum Gasteiger partial charge on any atom is -0.482 e. The standard InChI is InChI=1S/C23H22N4O3S/c1-14(21(29)17-9-10-19-18(11-17)24-20(28)13-30-19)31-23-26-25-22(16-7-8-16)27(23)12-15-5-3-2-4-6-15/h2-6,9-11,14,16H,7-8,12-13H2,1H3,(H,24,28). The fourth-order valence-electron chi connectivity index (χ4n) is 3.63. The molecule has 1 atom stereocenters. The SMILES string of the molecule is CC(Sc1nnc(C2CC2)n1Cc1ccccc1)C(=O)c1ccc2c(c1)NC(=O)CO2. The highest BCUT2D eigenvalue weighted by atomic mass is 32.2. The van der Waals surface area contributed by atoms with Crippen LogP contribution in [0.2, 0.25) is 0 Å². The normalized spacial score (nSPS) is 16.2. The number of Topliss-reactive ketones (excluding diaryl/α,β-unsaturated/α-hetero) is 1. The summed E-state index contributed by atoms with van der Waals surface area (Å²) in [6.07, 6.45) is 2.27. The molecule has 0 bridgehead atoms. The fourth-order valence-corrected chi connectivity index (χ4v) is 4.56. The van der Waals surface area contributed by atoms with Crippen molar-refractivity contribution in [1.82, 2.24) is 14.8 Å². The van der Waals surface area contributed by atoms with E-state index in [0.29, 0.717) is 29.5 Å². The smallest absolute Gasteiger partial charge is 0.262 e. The molecule has 1 fully saturated rings. The molecule has 1 aromatic heterocycles. The molecule has 0 radical (unpaired) electrons. The first kappa shape index (κ1) is 19.8. The minimum absolute atomic E-state index is 0.00700. The maximum Gasteiger partial charge on any atom is 0.262 e. The second-order valence-corrected chi connectivity index (χ2v) is 9.17. The van der Waals surface area contributed by atoms with Gasteiger partial charge in [-0.15, -0.1) is 10.2 Å². The van der Waals surface area contributed by atoms with Gasteiger partial charge >= 0.3 is 0 Å². The predicted octanol–water partition coefficient (Wildman–Crippen LogP) is 3.90. The van der Waals surface area contributed by atoms with Gasteiger partial charge in [0.2, 0.25) is 0 Å². The van der Waals surface area contributed by atoms with Crippen LogP contribution in [0.3, 0.4) is 0 Å². The number of carbonyl (C=O) groups is 2. The summed E-state index contributed by atoms with van der Waals surface area (Å²) in [6.45, 7) is 2.55. The van der Waals surface area contributed by atoms with Crippen molar-refractivity contribution in [3.05, 3.63) is 65.5 Å². The number of ether oxygens (including phenoxy) is 1. The van der Waals surface area contributed by atoms with Crippen LogP contribution in [0, 0.1) is 0 Å². The number of fused-ring (bicyclic) bond motifs is 1. The molecule has 8 heteroatoms. The van der Waals surface area contributed by atoms with Crippen molar-refractivity contribution in [2.75, 3.05) is 11.9 Å². The second-order valence-electron chi connectivity index (χ2n) is 7.86. The third-order valence-electron chi connectivity index (χ3n) is 5.42. The van der Waals surface area contributed by atoms with Gasteiger partial charge in [0.1, 0.15) is 11.6 Å². The predicted molar refractivity (Wildman–Crippen MR) is 118 cm³/mol. The molecule has 158 valence electrons. The van der Waals surface area contributed by atoms with E-state index in [0.717, 1.165) is 23.8 Å². The number of amides is 1. The van der Waals surface area contributed by atoms with Crippen LogP contribution < -0.4 is 10.1 Å². The van der Waals surface area contributed by atoms with Crippen molar-refractivity contribution >= 4 is 29.1 Å². The molecule has 1 unspecified atom stereocenters. The average Bonchev–Trinajstić information content (AvgIpc) is 3.56. The largest absolute Gasteiger partial charge is 0.482 e. The Labute approximate surface area is 184 Å². The highest BCUT2D eigenvalue weighted by Crippen LogP contribution is 2.41. The number of rotatable bonds is 7. The summed E-state index contributed by atoms with van der Waals surface area (Å²) in [7, 11) is 0. The van der Waals surface area contributed by atoms with Crippen LogP contribution in [0.1, 0.15) is 47.4 Å². The summed E-state index contributed by atoms with van der Waals surface area (Å²) in [4.78, 5) is 24.7. The van der Waals surface area contributed by atoms with Gasteiger partial charge in [0.25, 0.3) is 5.91 Å². The maximum atomic E-state index is 13.1. The van der Waals surface area contributed by atoms with Crippen molar-refractivity contribution in [2.24, 2.45) is 0 Å². The van der Waals surface area contributed by atoms with E-state index in [9.17, 15) is 9.59 Å². The van der Waals surface area contributed by atoms with Crippen molar-refractivity contribution < 1.29 is 14.3 Å². The first-order chi connectivity index (χ1) is 15.1. The van der Waals surface area contributed by atoms with Crippen LogP contribution >= 0.6 is 11.8 Å². The monoisotopic (exact) mass is 434 g/mol. The van der Waals surface area contributed by atoms with Crippen LogP contribution in [0.5, 0.6) is 5.75 Å². The van der Waals surface area contributed by atoms with Gasteiger partial charge in [-0.25, -0.2) is 0 Å². The summed E-state index contributed by atoms with van der Waals surface area (Å²) < 4.78 is 7.52. The fraction of sp³-hybridized carbons (Fsp3) is 0.304. The van der Waals surface area contributed by atoms with E-state index in [1.54, 1.807) is 18.2 Å². The van der Waals surface area contributed by atoms with E-state index in [-0.39, 0.29) is 23.5 Å². The lowest BCUT2D eigenvalue weighted by atomic mass is 10.1. The summed E-state index contributed by atoms with van der Waals surface area (Å²) in [5.74, 6) is 1.78. The second kappa shape index (κ2) is 8.19. The topological polar surface area (TPSA) is 86.1 Å². The molecular formula is C23H22N4O3S. The molecule has 5 rings (SSSR count). The number of ketones is 1. The minimum atomic E-state index is -0.357. The summed E-state index contributed by atoms with van der Waals surface area (Å²) in [5, 5.41) is 12.0. The molecule has 3 aromatic rings. The lowest BCUT2D eigenvalue weighted by Crippen LogP contribution is -2.25. The Hall–Kier alpha value is -3.13. The Morgan fingerprint density at radius 2 is 2.03 bits per heavy atom. The zero-order valence-corrected chi connectivity index (χ0v) is 17.9. The molecular weight excluding hydrogens is 412 g/mol. The number of carbonyl (C=O) groups excluding carboxylic acids is 2. The Kier molecular flexibility index (Phi) is 5.23. The number of hydrogen-bond donors (Lipinski definition) is 1. The van der Waals surface area contributed by atoms with Gasteiger partial charge in [-0.05, 0) is 43.5 Å². The molecule has 2 aromatic carbocycles. The molecule has 0 spiro atoms. The number of nitrogens with zero attached hydrogens (tertiary/aromatic N) is 3. The third kappa shape index (κ3) is 4.20. The summed E-state index contributed by atoms with van der Waals surface area (Å²) in [6, 6.07) is 15.4. The molecule has 2 heterocycles. The van der Waals surface area contributed by atoms with Gasteiger partial charge in [-0.3, -0.25) is 9.59 Å². The number of aromatic nitrogens is 3. The molecule has 7 nitrogen and oxygen atoms in total. The highest BCUT2D eigenvalue weighted by molar-refractivity contribution is 8.00. The average molecular weight is 435 g/mol. The van der Waals surface area contributed by atoms with Crippen molar-refractivity contribution in [3.8, 4) is 5.75 Å². The van der Waals surface area contributed by atoms with Crippen LogP contribution in [-0.2, 0) is 11.3 Å². The van der Waals surface area contributed by atoms with E-state index in [1.807, 2.05) is 25.1 Å².